The van der Waals surface area contributed by atoms with Gasteiger partial charge in [0.1, 0.15) is 17.5 Å². The lowest BCUT2D eigenvalue weighted by atomic mass is 9.85. The Morgan fingerprint density at radius 3 is 2.81 bits per heavy atom. The maximum Gasteiger partial charge on any atom is 0.410 e. The molecule has 0 unspecified atom stereocenters. The van der Waals surface area contributed by atoms with E-state index in [1.54, 1.807) is 11.8 Å². The largest absolute Gasteiger partial charge is 0.462 e. The van der Waals surface area contributed by atoms with E-state index in [2.05, 4.69) is 10.4 Å². The number of amides is 1. The van der Waals surface area contributed by atoms with E-state index in [4.69, 9.17) is 9.47 Å². The van der Waals surface area contributed by atoms with Gasteiger partial charge >= 0.3 is 12.1 Å². The maximum atomic E-state index is 13.8. The number of halogens is 3. The highest BCUT2D eigenvalue weighted by molar-refractivity contribution is 5.94. The highest BCUT2D eigenvalue weighted by Crippen LogP contribution is 2.42. The van der Waals surface area contributed by atoms with Crippen LogP contribution in [0.2, 0.25) is 0 Å². The topological polar surface area (TPSA) is 85.7 Å². The Balaban J connectivity index is 1.56. The van der Waals surface area contributed by atoms with Gasteiger partial charge in [-0.1, -0.05) is 0 Å². The smallest absolute Gasteiger partial charge is 0.410 e. The predicted molar refractivity (Wildman–Crippen MR) is 104 cm³/mol. The molecule has 3 aliphatic heterocycles. The summed E-state index contributed by atoms with van der Waals surface area (Å²) in [5.74, 6) is -0.943. The van der Waals surface area contributed by atoms with Crippen molar-refractivity contribution >= 4 is 17.7 Å². The number of rotatable bonds is 4. The molecule has 8 nitrogen and oxygen atoms in total. The highest BCUT2D eigenvalue weighted by Gasteiger charge is 2.49. The van der Waals surface area contributed by atoms with Crippen LogP contribution in [-0.2, 0) is 14.3 Å². The minimum Gasteiger partial charge on any atom is -0.462 e. The molecule has 1 N–H and O–H groups in total. The Morgan fingerprint density at radius 1 is 1.32 bits per heavy atom. The second-order valence-electron chi connectivity index (χ2n) is 8.30. The summed E-state index contributed by atoms with van der Waals surface area (Å²) >= 11 is 0. The number of ether oxygens (including phenoxy) is 2. The van der Waals surface area contributed by atoms with Crippen molar-refractivity contribution in [3.05, 3.63) is 11.8 Å². The van der Waals surface area contributed by atoms with Crippen LogP contribution in [0.15, 0.2) is 6.20 Å². The number of fused-ring (bicyclic) bond motifs is 1. The summed E-state index contributed by atoms with van der Waals surface area (Å²) in [5.41, 5.74) is -0.0103. The first kappa shape index (κ1) is 21.9. The van der Waals surface area contributed by atoms with Gasteiger partial charge in [0, 0.05) is 25.7 Å². The van der Waals surface area contributed by atoms with Crippen molar-refractivity contribution in [3.8, 4) is 0 Å². The van der Waals surface area contributed by atoms with Crippen LogP contribution in [0.25, 0.3) is 0 Å². The molecule has 0 bridgehead atoms. The Morgan fingerprint density at radius 2 is 2.13 bits per heavy atom. The van der Waals surface area contributed by atoms with Crippen LogP contribution in [0.1, 0.15) is 55.4 Å². The fourth-order valence-electron chi connectivity index (χ4n) is 4.77. The quantitative estimate of drug-likeness (QED) is 0.719. The molecule has 1 aromatic rings. The van der Waals surface area contributed by atoms with Crippen LogP contribution in [-0.4, -0.2) is 71.2 Å². The van der Waals surface area contributed by atoms with Crippen LogP contribution >= 0.6 is 0 Å². The van der Waals surface area contributed by atoms with Gasteiger partial charge in [0.25, 0.3) is 5.91 Å². The SMILES string of the molecule is CCOC(=O)c1cnn2c1N[C@H]([C@H]1CCCN(C(=O)[C@@H]3CCCO3)C1)C[C@@H]2C(F)(F)F. The fraction of sp³-hybridized carbons (Fsp3) is 0.750. The summed E-state index contributed by atoms with van der Waals surface area (Å²) in [6.07, 6.45) is -1.14. The van der Waals surface area contributed by atoms with Crippen LogP contribution in [0, 0.1) is 5.92 Å². The molecule has 172 valence electrons. The van der Waals surface area contributed by atoms with E-state index in [-0.39, 0.29) is 36.2 Å². The second-order valence-corrected chi connectivity index (χ2v) is 8.30. The summed E-state index contributed by atoms with van der Waals surface area (Å²) in [7, 11) is 0. The van der Waals surface area contributed by atoms with E-state index in [0.29, 0.717) is 39.0 Å². The van der Waals surface area contributed by atoms with Crippen molar-refractivity contribution in [2.75, 3.05) is 31.6 Å². The van der Waals surface area contributed by atoms with Crippen molar-refractivity contribution in [2.24, 2.45) is 5.92 Å². The number of aromatic nitrogens is 2. The van der Waals surface area contributed by atoms with E-state index in [1.165, 1.54) is 0 Å². The van der Waals surface area contributed by atoms with E-state index in [0.717, 1.165) is 17.3 Å². The van der Waals surface area contributed by atoms with Crippen molar-refractivity contribution < 1.29 is 32.2 Å². The van der Waals surface area contributed by atoms with Crippen molar-refractivity contribution in [2.45, 2.75) is 63.4 Å². The monoisotopic (exact) mass is 444 g/mol. The third-order valence-electron chi connectivity index (χ3n) is 6.31. The minimum atomic E-state index is -4.52. The first-order valence-corrected chi connectivity index (χ1v) is 10.8. The third kappa shape index (κ3) is 4.37. The van der Waals surface area contributed by atoms with Crippen molar-refractivity contribution in [3.63, 3.8) is 0 Å². The first-order valence-electron chi connectivity index (χ1n) is 10.8. The van der Waals surface area contributed by atoms with Gasteiger partial charge in [-0.25, -0.2) is 9.48 Å². The number of esters is 1. The zero-order valence-corrected chi connectivity index (χ0v) is 17.4. The number of anilines is 1. The maximum absolute atomic E-state index is 13.8. The van der Waals surface area contributed by atoms with E-state index in [1.807, 2.05) is 0 Å². The number of hydrogen-bond donors (Lipinski definition) is 1. The molecule has 0 radical (unpaired) electrons. The molecule has 4 atom stereocenters. The lowest BCUT2D eigenvalue weighted by Gasteiger charge is -2.42. The summed E-state index contributed by atoms with van der Waals surface area (Å²) in [6, 6.07) is -2.40. The average molecular weight is 444 g/mol. The van der Waals surface area contributed by atoms with Gasteiger partial charge in [-0.15, -0.1) is 0 Å². The molecule has 11 heteroatoms. The minimum absolute atomic E-state index is 0.0103. The normalized spacial score (nSPS) is 28.7. The number of carbonyl (C=O) groups is 2. The van der Waals surface area contributed by atoms with Gasteiger partial charge in [-0.05, 0) is 44.9 Å². The van der Waals surface area contributed by atoms with Crippen LogP contribution in [0.3, 0.4) is 0 Å². The molecule has 2 saturated heterocycles. The van der Waals surface area contributed by atoms with Crippen LogP contribution in [0.5, 0.6) is 0 Å². The Labute approximate surface area is 178 Å². The third-order valence-corrected chi connectivity index (χ3v) is 6.31. The number of piperidine rings is 1. The summed E-state index contributed by atoms with van der Waals surface area (Å²) in [6.45, 7) is 3.25. The second kappa shape index (κ2) is 8.68. The number of nitrogens with zero attached hydrogens (tertiary/aromatic N) is 3. The molecular weight excluding hydrogens is 417 g/mol. The number of hydrogen-bond acceptors (Lipinski definition) is 6. The highest BCUT2D eigenvalue weighted by atomic mass is 19.4. The average Bonchev–Trinajstić information content (AvgIpc) is 3.42. The number of likely N-dealkylation sites (tertiary alicyclic amines) is 1. The standard InChI is InChI=1S/C20H27F3N4O4/c1-2-30-19(29)13-10-24-27-16(20(21,22)23)9-14(25-17(13)27)12-5-3-7-26(11-12)18(28)15-6-4-8-31-15/h10,12,14-16,25H,2-9,11H2,1H3/t12-,14-,15-,16+/m0/s1. The molecular formula is C20H27F3N4O4. The first-order chi connectivity index (χ1) is 14.8. The van der Waals surface area contributed by atoms with Gasteiger partial charge in [-0.3, -0.25) is 4.79 Å². The Kier molecular flexibility index (Phi) is 6.14. The van der Waals surface area contributed by atoms with E-state index >= 15 is 0 Å². The zero-order chi connectivity index (χ0) is 22.2. The molecule has 0 aliphatic carbocycles. The molecule has 1 amide bonds. The number of carbonyl (C=O) groups excluding carboxylic acids is 2. The molecule has 1 aromatic heterocycles. The molecule has 2 fully saturated rings. The van der Waals surface area contributed by atoms with Gasteiger partial charge in [-0.2, -0.15) is 18.3 Å². The lowest BCUT2D eigenvalue weighted by Crippen LogP contribution is -2.51. The zero-order valence-electron chi connectivity index (χ0n) is 17.4. The molecule has 31 heavy (non-hydrogen) atoms. The van der Waals surface area contributed by atoms with Crippen LogP contribution < -0.4 is 5.32 Å². The fourth-order valence-corrected chi connectivity index (χ4v) is 4.77. The van der Waals surface area contributed by atoms with Gasteiger partial charge in [0.05, 0.1) is 12.8 Å². The molecule has 0 spiro atoms. The summed E-state index contributed by atoms with van der Waals surface area (Å²) in [5, 5.41) is 6.95. The summed E-state index contributed by atoms with van der Waals surface area (Å²) in [4.78, 5) is 26.7. The molecule has 0 saturated carbocycles. The van der Waals surface area contributed by atoms with Gasteiger partial charge < -0.3 is 19.7 Å². The summed E-state index contributed by atoms with van der Waals surface area (Å²) < 4.78 is 52.8. The van der Waals surface area contributed by atoms with E-state index in [9.17, 15) is 22.8 Å². The van der Waals surface area contributed by atoms with Crippen LogP contribution in [0.4, 0.5) is 19.0 Å². The predicted octanol–water partition coefficient (Wildman–Crippen LogP) is 2.77. The molecule has 4 heterocycles. The number of nitrogens with one attached hydrogen (secondary N) is 1. The van der Waals surface area contributed by atoms with Crippen molar-refractivity contribution in [1.82, 2.24) is 14.7 Å². The number of alkyl halides is 3. The lowest BCUT2D eigenvalue weighted by molar-refractivity contribution is -0.175. The Bertz CT molecular complexity index is 822. The van der Waals surface area contributed by atoms with Gasteiger partial charge in [0.15, 0.2) is 6.04 Å². The molecule has 3 aliphatic rings. The Hall–Kier alpha value is -2.30. The van der Waals surface area contributed by atoms with E-state index < -0.39 is 30.3 Å². The van der Waals surface area contributed by atoms with Gasteiger partial charge in [0.2, 0.25) is 0 Å². The van der Waals surface area contributed by atoms with Crippen molar-refractivity contribution in [1.29, 1.82) is 0 Å². The molecule has 0 aromatic carbocycles. The molecule has 4 rings (SSSR count).